The smallest absolute Gasteiger partial charge is 0.108 e. The zero-order valence-electron chi connectivity index (χ0n) is 5.33. The minimum absolute atomic E-state index is 0.696. The third-order valence-electron chi connectivity index (χ3n) is 0.542. The first-order valence-electron chi connectivity index (χ1n) is 2.46. The van der Waals surface area contributed by atoms with E-state index in [4.69, 9.17) is 23.2 Å². The van der Waals surface area contributed by atoms with E-state index in [1.165, 1.54) is 0 Å². The number of allylic oxidation sites excluding steroid dienone is 2. The summed E-state index contributed by atoms with van der Waals surface area (Å²) in [4.78, 5) is 0. The van der Waals surface area contributed by atoms with Gasteiger partial charge in [-0.2, -0.15) is 0 Å². The summed E-state index contributed by atoms with van der Waals surface area (Å²) in [6.07, 6.45) is 1.80. The number of rotatable bonds is 1. The highest BCUT2D eigenvalue weighted by atomic mass is 35.5. The van der Waals surface area contributed by atoms with Crippen LogP contribution in [0.25, 0.3) is 0 Å². The fourth-order valence-corrected chi connectivity index (χ4v) is 0.943. The molecule has 0 rings (SSSR count). The fourth-order valence-electron chi connectivity index (χ4n) is 0.507. The normalized spacial score (nSPS) is 11.0. The predicted molar refractivity (Wildman–Crippen MR) is 42.4 cm³/mol. The maximum atomic E-state index is 5.62. The molecular weight excluding hydrogens is 142 g/mol. The summed E-state index contributed by atoms with van der Waals surface area (Å²) in [5.41, 5.74) is 1.14. The van der Waals surface area contributed by atoms with Crippen LogP contribution in [0.1, 0.15) is 13.8 Å². The van der Waals surface area contributed by atoms with Crippen LogP contribution in [0.4, 0.5) is 0 Å². The molecule has 0 fully saturated rings. The van der Waals surface area contributed by atoms with Crippen LogP contribution in [0.2, 0.25) is 0 Å². The van der Waals surface area contributed by atoms with Gasteiger partial charge in [0.2, 0.25) is 0 Å². The summed E-state index contributed by atoms with van der Waals surface area (Å²) >= 11 is 11.2. The van der Waals surface area contributed by atoms with Gasteiger partial charge in [-0.3, -0.25) is 0 Å². The Bertz CT molecular complexity index is 97.5. The highest BCUT2D eigenvalue weighted by Gasteiger charge is 2.10. The lowest BCUT2D eigenvalue weighted by atomic mass is 10.0. The second kappa shape index (κ2) is 2.79. The van der Waals surface area contributed by atoms with Crippen LogP contribution < -0.4 is 0 Å². The van der Waals surface area contributed by atoms with Crippen LogP contribution in [0, 0.1) is 0 Å². The molecule has 8 heavy (non-hydrogen) atoms. The summed E-state index contributed by atoms with van der Waals surface area (Å²) in [5, 5.41) is 0. The van der Waals surface area contributed by atoms with Gasteiger partial charge in [0.25, 0.3) is 0 Å². The van der Waals surface area contributed by atoms with E-state index in [0.717, 1.165) is 5.57 Å². The molecule has 0 aromatic rings. The minimum atomic E-state index is -0.696. The van der Waals surface area contributed by atoms with Crippen LogP contribution in [0.15, 0.2) is 11.6 Å². The molecule has 0 nitrogen and oxygen atoms in total. The molecule has 0 unspecified atom stereocenters. The van der Waals surface area contributed by atoms with Crippen LogP contribution in [0.3, 0.4) is 0 Å². The van der Waals surface area contributed by atoms with Crippen molar-refractivity contribution in [1.29, 1.82) is 0 Å². The summed E-state index contributed by atoms with van der Waals surface area (Å²) in [5.74, 6) is 0. The van der Waals surface area contributed by atoms with E-state index in [9.17, 15) is 0 Å². The second-order valence-corrected chi connectivity index (χ2v) is 3.94. The summed E-state index contributed by atoms with van der Waals surface area (Å²) in [6, 6.07) is 0. The van der Waals surface area contributed by atoms with E-state index < -0.39 is 4.23 Å². The van der Waals surface area contributed by atoms with E-state index in [1.807, 2.05) is 13.8 Å². The molecule has 46 valence electrons. The van der Waals surface area contributed by atoms with Gasteiger partial charge in [0.15, 0.2) is 7.85 Å². The van der Waals surface area contributed by atoms with Crippen LogP contribution in [-0.4, -0.2) is 12.1 Å². The van der Waals surface area contributed by atoms with Crippen molar-refractivity contribution in [3.8, 4) is 0 Å². The van der Waals surface area contributed by atoms with Gasteiger partial charge in [0, 0.05) is 0 Å². The van der Waals surface area contributed by atoms with Crippen molar-refractivity contribution < 1.29 is 0 Å². The van der Waals surface area contributed by atoms with Gasteiger partial charge >= 0.3 is 0 Å². The monoisotopic (exact) mass is 150 g/mol. The number of hydrogen-bond acceptors (Lipinski definition) is 0. The zero-order valence-corrected chi connectivity index (χ0v) is 6.85. The Kier molecular flexibility index (Phi) is 2.93. The first-order valence-corrected chi connectivity index (χ1v) is 3.21. The van der Waals surface area contributed by atoms with E-state index in [-0.39, 0.29) is 0 Å². The molecule has 0 saturated heterocycles. The Labute approximate surface area is 61.3 Å². The molecular formula is C5H9BCl2. The van der Waals surface area contributed by atoms with Gasteiger partial charge in [0.1, 0.15) is 4.23 Å². The summed E-state index contributed by atoms with van der Waals surface area (Å²) in [7, 11) is 1.74. The third-order valence-corrected chi connectivity index (χ3v) is 0.760. The van der Waals surface area contributed by atoms with Crippen molar-refractivity contribution >= 4 is 31.0 Å². The summed E-state index contributed by atoms with van der Waals surface area (Å²) < 4.78 is -0.696. The molecule has 0 saturated carbocycles. The molecule has 0 aliphatic carbocycles. The lowest BCUT2D eigenvalue weighted by Crippen LogP contribution is -2.07. The van der Waals surface area contributed by atoms with Gasteiger partial charge in [-0.25, -0.2) is 0 Å². The molecule has 0 spiro atoms. The van der Waals surface area contributed by atoms with Crippen molar-refractivity contribution in [3.63, 3.8) is 0 Å². The molecule has 0 aliphatic heterocycles. The number of alkyl halides is 2. The molecule has 0 bridgehead atoms. The minimum Gasteiger partial charge on any atom is -0.108 e. The topological polar surface area (TPSA) is 0 Å². The Morgan fingerprint density at radius 1 is 1.50 bits per heavy atom. The largest absolute Gasteiger partial charge is 0.153 e. The van der Waals surface area contributed by atoms with Gasteiger partial charge in [0.05, 0.1) is 0 Å². The molecule has 0 radical (unpaired) electrons. The summed E-state index contributed by atoms with van der Waals surface area (Å²) in [6.45, 7) is 3.92. The Morgan fingerprint density at radius 2 is 1.88 bits per heavy atom. The SMILES string of the molecule is BC(Cl)(Cl)C=C(C)C. The van der Waals surface area contributed by atoms with Gasteiger partial charge in [-0.05, 0) is 13.8 Å². The van der Waals surface area contributed by atoms with Crippen molar-refractivity contribution in [1.82, 2.24) is 0 Å². The van der Waals surface area contributed by atoms with E-state index in [1.54, 1.807) is 13.9 Å². The number of hydrogen-bond donors (Lipinski definition) is 0. The van der Waals surface area contributed by atoms with Crippen LogP contribution >= 0.6 is 23.2 Å². The van der Waals surface area contributed by atoms with E-state index in [2.05, 4.69) is 0 Å². The highest BCUT2D eigenvalue weighted by molar-refractivity contribution is 6.66. The zero-order chi connectivity index (χ0) is 6.78. The van der Waals surface area contributed by atoms with E-state index in [0.29, 0.717) is 0 Å². The third kappa shape index (κ3) is 6.38. The molecule has 0 aromatic carbocycles. The second-order valence-electron chi connectivity index (χ2n) is 2.18. The Morgan fingerprint density at radius 3 is 1.88 bits per heavy atom. The van der Waals surface area contributed by atoms with Crippen LogP contribution in [0.5, 0.6) is 0 Å². The van der Waals surface area contributed by atoms with E-state index >= 15 is 0 Å². The van der Waals surface area contributed by atoms with Crippen molar-refractivity contribution in [2.24, 2.45) is 0 Å². The molecule has 0 atom stereocenters. The lowest BCUT2D eigenvalue weighted by molar-refractivity contribution is 1.30. The Hall–Kier alpha value is 0.385. The van der Waals surface area contributed by atoms with Gasteiger partial charge in [-0.1, -0.05) is 11.6 Å². The maximum absolute atomic E-state index is 5.62. The molecule has 0 heterocycles. The highest BCUT2D eigenvalue weighted by Crippen LogP contribution is 2.18. The molecule has 3 heteroatoms. The standard InChI is InChI=1S/C5H9BCl2/c1-4(2)3-5(6,7)8/h3H,6H2,1-2H3. The van der Waals surface area contributed by atoms with Crippen molar-refractivity contribution in [3.05, 3.63) is 11.6 Å². The first kappa shape index (κ1) is 8.38. The Balaban J connectivity index is 3.89. The molecule has 0 aromatic heterocycles. The quantitative estimate of drug-likeness (QED) is 0.304. The lowest BCUT2D eigenvalue weighted by Gasteiger charge is -2.05. The molecule has 0 aliphatic rings. The van der Waals surface area contributed by atoms with Crippen molar-refractivity contribution in [2.75, 3.05) is 0 Å². The average molecular weight is 151 g/mol. The fraction of sp³-hybridized carbons (Fsp3) is 0.600. The average Bonchev–Trinajstić information content (AvgIpc) is 1.21. The molecule has 0 amide bonds. The number of halogens is 2. The van der Waals surface area contributed by atoms with Crippen molar-refractivity contribution in [2.45, 2.75) is 18.1 Å². The molecule has 0 N–H and O–H groups in total. The van der Waals surface area contributed by atoms with Gasteiger partial charge in [-0.15, -0.1) is 23.2 Å². The first-order chi connectivity index (χ1) is 3.42. The van der Waals surface area contributed by atoms with Gasteiger partial charge < -0.3 is 0 Å². The predicted octanol–water partition coefficient (Wildman–Crippen LogP) is 1.72. The van der Waals surface area contributed by atoms with Crippen LogP contribution in [-0.2, 0) is 0 Å². The maximum Gasteiger partial charge on any atom is 0.153 e.